The van der Waals surface area contributed by atoms with Crippen LogP contribution in [0.5, 0.6) is 0 Å². The van der Waals surface area contributed by atoms with Crippen LogP contribution in [0.25, 0.3) is 22.0 Å². The van der Waals surface area contributed by atoms with Crippen LogP contribution in [0, 0.1) is 5.82 Å². The summed E-state index contributed by atoms with van der Waals surface area (Å²) in [6.45, 7) is 2.39. The molecule has 0 unspecified atom stereocenters. The van der Waals surface area contributed by atoms with E-state index in [0.717, 1.165) is 10.9 Å². The number of rotatable bonds is 4. The van der Waals surface area contributed by atoms with Gasteiger partial charge in [-0.1, -0.05) is 11.6 Å². The first-order valence-corrected chi connectivity index (χ1v) is 8.26. The predicted molar refractivity (Wildman–Crippen MR) is 101 cm³/mol. The quantitative estimate of drug-likeness (QED) is 0.739. The van der Waals surface area contributed by atoms with Gasteiger partial charge in [0.1, 0.15) is 11.6 Å². The average molecular weight is 361 g/mol. The zero-order chi connectivity index (χ0) is 18.1. The van der Waals surface area contributed by atoms with Gasteiger partial charge in [-0.05, 0) is 25.1 Å². The molecule has 0 aliphatic carbocycles. The van der Waals surface area contributed by atoms with Gasteiger partial charge < -0.3 is 15.2 Å². The molecule has 130 valence electrons. The van der Waals surface area contributed by atoms with Crippen LogP contribution in [0.1, 0.15) is 6.92 Å². The Morgan fingerprint density at radius 3 is 2.56 bits per heavy atom. The molecule has 0 amide bonds. The van der Waals surface area contributed by atoms with Gasteiger partial charge >= 0.3 is 0 Å². The third-order valence-corrected chi connectivity index (χ3v) is 4.48. The van der Waals surface area contributed by atoms with E-state index in [4.69, 9.17) is 11.6 Å². The number of hydrogen-bond donors (Lipinski definition) is 2. The zero-order valence-electron chi connectivity index (χ0n) is 14.2. The average Bonchev–Trinajstić information content (AvgIpc) is 2.61. The number of anilines is 2. The van der Waals surface area contributed by atoms with Crippen molar-refractivity contribution in [1.29, 1.82) is 0 Å². The van der Waals surface area contributed by atoms with Gasteiger partial charge in [0.05, 0.1) is 16.2 Å². The second-order valence-electron chi connectivity index (χ2n) is 5.55. The first-order chi connectivity index (χ1) is 12.0. The highest BCUT2D eigenvalue weighted by Crippen LogP contribution is 2.32. The Balaban J connectivity index is 2.35. The number of pyridine rings is 2. The zero-order valence-corrected chi connectivity index (χ0v) is 14.9. The van der Waals surface area contributed by atoms with Crippen molar-refractivity contribution in [3.63, 3.8) is 0 Å². The predicted octanol–water partition coefficient (Wildman–Crippen LogP) is 3.96. The van der Waals surface area contributed by atoms with E-state index in [1.54, 1.807) is 37.0 Å². The second-order valence-corrected chi connectivity index (χ2v) is 5.95. The van der Waals surface area contributed by atoms with Crippen LogP contribution in [0.3, 0.4) is 0 Å². The number of aryl methyl sites for hydroxylation is 1. The number of halogens is 2. The lowest BCUT2D eigenvalue weighted by Gasteiger charge is -2.14. The van der Waals surface area contributed by atoms with Crippen molar-refractivity contribution in [3.05, 3.63) is 51.7 Å². The maximum Gasteiger partial charge on any atom is 0.258 e. The lowest BCUT2D eigenvalue weighted by atomic mass is 10.0. The summed E-state index contributed by atoms with van der Waals surface area (Å²) < 4.78 is 15.5. The molecule has 0 saturated carbocycles. The third kappa shape index (κ3) is 2.93. The Bertz CT molecular complexity index is 1020. The molecule has 0 saturated heterocycles. The first kappa shape index (κ1) is 17.2. The molecule has 1 aromatic carbocycles. The molecule has 0 bridgehead atoms. The Morgan fingerprint density at radius 2 is 1.92 bits per heavy atom. The molecule has 0 atom stereocenters. The van der Waals surface area contributed by atoms with Crippen molar-refractivity contribution in [1.82, 2.24) is 9.55 Å². The smallest absolute Gasteiger partial charge is 0.258 e. The molecular weight excluding hydrogens is 343 g/mol. The van der Waals surface area contributed by atoms with Gasteiger partial charge in [0.2, 0.25) is 0 Å². The first-order valence-electron chi connectivity index (χ1n) is 7.88. The topological polar surface area (TPSA) is 59.0 Å². The number of nitrogens with one attached hydrogen (secondary N) is 2. The Morgan fingerprint density at radius 1 is 1.16 bits per heavy atom. The lowest BCUT2D eigenvalue weighted by Crippen LogP contribution is -2.21. The fourth-order valence-electron chi connectivity index (χ4n) is 2.86. The van der Waals surface area contributed by atoms with Crippen LogP contribution in [0.2, 0.25) is 5.02 Å². The molecular formula is C18H18ClFN4O. The minimum Gasteiger partial charge on any atom is -0.386 e. The van der Waals surface area contributed by atoms with E-state index in [2.05, 4.69) is 15.6 Å². The molecule has 25 heavy (non-hydrogen) atoms. The molecule has 7 heteroatoms. The molecule has 5 nitrogen and oxygen atoms in total. The molecule has 3 aromatic rings. The van der Waals surface area contributed by atoms with Crippen molar-refractivity contribution < 1.29 is 4.39 Å². The highest BCUT2D eigenvalue weighted by atomic mass is 35.5. The molecule has 3 rings (SSSR count). The van der Waals surface area contributed by atoms with Crippen LogP contribution >= 0.6 is 11.6 Å². The normalized spacial score (nSPS) is 10.9. The van der Waals surface area contributed by atoms with Crippen molar-refractivity contribution in [2.45, 2.75) is 13.5 Å². The molecule has 0 spiro atoms. The Kier molecular flexibility index (Phi) is 4.63. The van der Waals surface area contributed by atoms with Crippen molar-refractivity contribution in [2.24, 2.45) is 0 Å². The molecule has 2 heterocycles. The van der Waals surface area contributed by atoms with Crippen molar-refractivity contribution in [2.75, 3.05) is 24.7 Å². The molecule has 2 N–H and O–H groups in total. The monoisotopic (exact) mass is 360 g/mol. The molecule has 2 aromatic heterocycles. The van der Waals surface area contributed by atoms with E-state index in [-0.39, 0.29) is 16.3 Å². The highest BCUT2D eigenvalue weighted by molar-refractivity contribution is 6.33. The number of nitrogens with zero attached hydrogens (tertiary/aromatic N) is 2. The van der Waals surface area contributed by atoms with E-state index in [1.165, 1.54) is 6.07 Å². The van der Waals surface area contributed by atoms with Crippen LogP contribution in [-0.4, -0.2) is 23.6 Å². The summed E-state index contributed by atoms with van der Waals surface area (Å²) in [6, 6.07) is 6.34. The summed E-state index contributed by atoms with van der Waals surface area (Å²) in [5, 5.41) is 6.74. The van der Waals surface area contributed by atoms with Gasteiger partial charge in [-0.25, -0.2) is 9.37 Å². The van der Waals surface area contributed by atoms with Gasteiger partial charge in [0.15, 0.2) is 0 Å². The third-order valence-electron chi connectivity index (χ3n) is 4.17. The van der Waals surface area contributed by atoms with Crippen LogP contribution in [0.4, 0.5) is 15.9 Å². The van der Waals surface area contributed by atoms with Gasteiger partial charge in [-0.15, -0.1) is 0 Å². The van der Waals surface area contributed by atoms with Crippen LogP contribution in [0.15, 0.2) is 35.3 Å². The van der Waals surface area contributed by atoms with Crippen molar-refractivity contribution in [3.8, 4) is 11.1 Å². The number of aromatic nitrogens is 2. The molecule has 0 fully saturated rings. The number of fused-ring (bicyclic) bond motifs is 1. The summed E-state index contributed by atoms with van der Waals surface area (Å²) in [5.41, 5.74) is 1.78. The lowest BCUT2D eigenvalue weighted by molar-refractivity contribution is 0.631. The van der Waals surface area contributed by atoms with Gasteiger partial charge in [0.25, 0.3) is 5.56 Å². The van der Waals surface area contributed by atoms with E-state index >= 15 is 0 Å². The van der Waals surface area contributed by atoms with Crippen LogP contribution < -0.4 is 16.2 Å². The minimum absolute atomic E-state index is 0.182. The van der Waals surface area contributed by atoms with E-state index < -0.39 is 5.82 Å². The van der Waals surface area contributed by atoms with E-state index in [0.29, 0.717) is 23.5 Å². The SMILES string of the molecule is CCn1c(=O)c(-c2cc(NC)c(F)cc2Cl)cc2cnc(NC)cc21. The standard InChI is InChI=1S/C18H18ClFN4O/c1-4-24-16-8-17(22-3)23-9-10(16)5-12(18(24)25)11-6-15(21-2)14(20)7-13(11)19/h5-9,21H,4H2,1-3H3,(H,22,23). The fraction of sp³-hybridized carbons (Fsp3) is 0.222. The molecule has 0 radical (unpaired) electrons. The van der Waals surface area contributed by atoms with Crippen LogP contribution in [-0.2, 0) is 6.54 Å². The maximum atomic E-state index is 13.9. The minimum atomic E-state index is -0.465. The van der Waals surface area contributed by atoms with Gasteiger partial charge in [-0.3, -0.25) is 4.79 Å². The highest BCUT2D eigenvalue weighted by Gasteiger charge is 2.16. The van der Waals surface area contributed by atoms with Gasteiger partial charge in [0, 0.05) is 49.4 Å². The summed E-state index contributed by atoms with van der Waals surface area (Å²) in [4.78, 5) is 17.3. The number of benzene rings is 1. The summed E-state index contributed by atoms with van der Waals surface area (Å²) in [7, 11) is 3.39. The summed E-state index contributed by atoms with van der Waals surface area (Å²) in [5.74, 6) is 0.215. The summed E-state index contributed by atoms with van der Waals surface area (Å²) >= 11 is 6.22. The second kappa shape index (κ2) is 6.72. The Hall–Kier alpha value is -2.60. The fourth-order valence-corrected chi connectivity index (χ4v) is 3.12. The molecule has 0 aliphatic heterocycles. The summed E-state index contributed by atoms with van der Waals surface area (Å²) in [6.07, 6.45) is 1.70. The Labute approximate surface area is 149 Å². The van der Waals surface area contributed by atoms with Gasteiger partial charge in [-0.2, -0.15) is 0 Å². The molecule has 0 aliphatic rings. The maximum absolute atomic E-state index is 13.9. The van der Waals surface area contributed by atoms with E-state index in [9.17, 15) is 9.18 Å². The van der Waals surface area contributed by atoms with E-state index in [1.807, 2.05) is 13.0 Å². The van der Waals surface area contributed by atoms with Crippen molar-refractivity contribution >= 4 is 34.0 Å². The largest absolute Gasteiger partial charge is 0.386 e. The number of hydrogen-bond acceptors (Lipinski definition) is 4.